The van der Waals surface area contributed by atoms with Crippen molar-refractivity contribution in [3.05, 3.63) is 0 Å². The summed E-state index contributed by atoms with van der Waals surface area (Å²) >= 11 is 0. The lowest BCUT2D eigenvalue weighted by atomic mass is 9.83. The van der Waals surface area contributed by atoms with Crippen LogP contribution in [0.2, 0.25) is 0 Å². The topological polar surface area (TPSA) is 77.1 Å². The van der Waals surface area contributed by atoms with Crippen molar-refractivity contribution in [2.75, 3.05) is 13.7 Å². The zero-order chi connectivity index (χ0) is 24.1. The molecule has 1 saturated carbocycles. The summed E-state index contributed by atoms with van der Waals surface area (Å²) < 4.78 is 16.7. The monoisotopic (exact) mass is 454 g/mol. The Hall–Kier alpha value is -1.34. The standard InChI is InChI=1S/C25H46N2O5/c1-17-15-21(16-18(2)27(17)23(29)32-24(3,4)5)31-14-13-19-9-11-20(12-10-19)26-25(6,7)22(28)30-8/h17-21,26H,9-16H2,1-8H3/t17-,18+,19?,20?,21?. The number of hydrogen-bond donors (Lipinski definition) is 1. The highest BCUT2D eigenvalue weighted by Crippen LogP contribution is 2.30. The summed E-state index contributed by atoms with van der Waals surface area (Å²) in [6, 6.07) is 0.580. The molecule has 1 unspecified atom stereocenters. The molecule has 7 nitrogen and oxygen atoms in total. The molecule has 0 spiro atoms. The Kier molecular flexibility index (Phi) is 9.41. The number of methoxy groups -OCH3 is 1. The van der Waals surface area contributed by atoms with E-state index in [1.165, 1.54) is 7.11 Å². The highest BCUT2D eigenvalue weighted by atomic mass is 16.6. The molecule has 0 bridgehead atoms. The van der Waals surface area contributed by atoms with Gasteiger partial charge in [0.05, 0.1) is 13.2 Å². The molecule has 1 N–H and O–H groups in total. The second kappa shape index (κ2) is 11.2. The molecule has 2 aliphatic rings. The van der Waals surface area contributed by atoms with E-state index in [0.717, 1.165) is 51.6 Å². The van der Waals surface area contributed by atoms with Crippen LogP contribution in [0.15, 0.2) is 0 Å². The Bertz CT molecular complexity index is 610. The minimum Gasteiger partial charge on any atom is -0.468 e. The summed E-state index contributed by atoms with van der Waals surface area (Å²) in [6.07, 6.45) is 7.20. The number of nitrogens with zero attached hydrogens (tertiary/aromatic N) is 1. The van der Waals surface area contributed by atoms with Gasteiger partial charge in [0.15, 0.2) is 0 Å². The Labute approximate surface area is 194 Å². The van der Waals surface area contributed by atoms with E-state index in [9.17, 15) is 9.59 Å². The third-order valence-electron chi connectivity index (χ3n) is 6.75. The third-order valence-corrected chi connectivity index (χ3v) is 6.75. The molecule has 32 heavy (non-hydrogen) atoms. The molecular formula is C25H46N2O5. The first-order valence-electron chi connectivity index (χ1n) is 12.3. The average molecular weight is 455 g/mol. The minimum atomic E-state index is -0.642. The summed E-state index contributed by atoms with van der Waals surface area (Å²) in [6.45, 7) is 14.4. The Morgan fingerprint density at radius 3 is 2.03 bits per heavy atom. The third kappa shape index (κ3) is 7.91. The molecule has 1 heterocycles. The summed E-state index contributed by atoms with van der Waals surface area (Å²) in [4.78, 5) is 26.3. The van der Waals surface area contributed by atoms with Gasteiger partial charge in [-0.3, -0.25) is 10.1 Å². The number of nitrogens with one attached hydrogen (secondary N) is 1. The predicted molar refractivity (Wildman–Crippen MR) is 126 cm³/mol. The lowest BCUT2D eigenvalue weighted by molar-refractivity contribution is -0.147. The largest absolute Gasteiger partial charge is 0.468 e. The van der Waals surface area contributed by atoms with Crippen molar-refractivity contribution in [1.82, 2.24) is 10.2 Å². The van der Waals surface area contributed by atoms with E-state index in [4.69, 9.17) is 14.2 Å². The fourth-order valence-corrected chi connectivity index (χ4v) is 5.15. The summed E-state index contributed by atoms with van der Waals surface area (Å²) in [5, 5.41) is 3.46. The molecule has 0 aromatic rings. The molecule has 2 rings (SSSR count). The Morgan fingerprint density at radius 1 is 0.969 bits per heavy atom. The summed E-state index contributed by atoms with van der Waals surface area (Å²) in [5.74, 6) is 0.459. The summed E-state index contributed by atoms with van der Waals surface area (Å²) in [5.41, 5.74) is -1.12. The number of amides is 1. The number of esters is 1. The van der Waals surface area contributed by atoms with Gasteiger partial charge in [-0.05, 0) is 99.3 Å². The molecule has 1 aliphatic heterocycles. The molecule has 0 radical (unpaired) electrons. The smallest absolute Gasteiger partial charge is 0.410 e. The van der Waals surface area contributed by atoms with Crippen molar-refractivity contribution in [2.45, 2.75) is 129 Å². The second-order valence-electron chi connectivity index (χ2n) is 11.3. The number of ether oxygens (including phenoxy) is 3. The van der Waals surface area contributed by atoms with E-state index in [1.807, 2.05) is 39.5 Å². The fraction of sp³-hybridized carbons (Fsp3) is 0.920. The van der Waals surface area contributed by atoms with Crippen LogP contribution in [0.25, 0.3) is 0 Å². The first-order chi connectivity index (χ1) is 14.8. The maximum absolute atomic E-state index is 12.6. The maximum atomic E-state index is 12.6. The van der Waals surface area contributed by atoms with E-state index in [0.29, 0.717) is 12.0 Å². The molecule has 1 amide bonds. The van der Waals surface area contributed by atoms with Gasteiger partial charge in [0.2, 0.25) is 0 Å². The first kappa shape index (κ1) is 26.9. The van der Waals surface area contributed by atoms with Crippen LogP contribution in [0.4, 0.5) is 4.79 Å². The van der Waals surface area contributed by atoms with Crippen LogP contribution in [0.3, 0.4) is 0 Å². The normalized spacial score (nSPS) is 29.5. The number of piperidine rings is 1. The van der Waals surface area contributed by atoms with Crippen molar-refractivity contribution in [1.29, 1.82) is 0 Å². The van der Waals surface area contributed by atoms with Crippen molar-refractivity contribution >= 4 is 12.1 Å². The van der Waals surface area contributed by atoms with Gasteiger partial charge in [-0.1, -0.05) is 0 Å². The van der Waals surface area contributed by atoms with E-state index >= 15 is 0 Å². The van der Waals surface area contributed by atoms with Crippen LogP contribution < -0.4 is 5.32 Å². The zero-order valence-electron chi connectivity index (χ0n) is 21.5. The number of likely N-dealkylation sites (tertiary alicyclic amines) is 1. The second-order valence-corrected chi connectivity index (χ2v) is 11.3. The highest BCUT2D eigenvalue weighted by Gasteiger charge is 2.37. The molecule has 0 aromatic carbocycles. The molecule has 2 fully saturated rings. The first-order valence-corrected chi connectivity index (χ1v) is 12.3. The van der Waals surface area contributed by atoms with Gasteiger partial charge in [-0.25, -0.2) is 4.79 Å². The number of carbonyl (C=O) groups is 2. The lowest BCUT2D eigenvalue weighted by Crippen LogP contribution is -2.53. The molecule has 1 aliphatic carbocycles. The SMILES string of the molecule is COC(=O)C(C)(C)NC1CCC(CCOC2C[C@@H](C)N(C(=O)OC(C)(C)C)[C@@H](C)C2)CC1. The Balaban J connectivity index is 1.70. The van der Waals surface area contributed by atoms with Gasteiger partial charge in [-0.2, -0.15) is 0 Å². The van der Waals surface area contributed by atoms with Crippen LogP contribution >= 0.6 is 0 Å². The van der Waals surface area contributed by atoms with Crippen LogP contribution in [-0.2, 0) is 19.0 Å². The van der Waals surface area contributed by atoms with Crippen molar-refractivity contribution in [3.8, 4) is 0 Å². The van der Waals surface area contributed by atoms with Crippen LogP contribution in [0, 0.1) is 5.92 Å². The predicted octanol–water partition coefficient (Wildman–Crippen LogP) is 4.67. The number of rotatable bonds is 7. The van der Waals surface area contributed by atoms with E-state index in [-0.39, 0.29) is 30.3 Å². The number of hydrogen-bond acceptors (Lipinski definition) is 6. The zero-order valence-corrected chi connectivity index (χ0v) is 21.5. The quantitative estimate of drug-likeness (QED) is 0.563. The van der Waals surface area contributed by atoms with Crippen LogP contribution in [0.5, 0.6) is 0 Å². The van der Waals surface area contributed by atoms with E-state index in [2.05, 4.69) is 19.2 Å². The van der Waals surface area contributed by atoms with Gasteiger partial charge in [-0.15, -0.1) is 0 Å². The Morgan fingerprint density at radius 2 is 1.53 bits per heavy atom. The van der Waals surface area contributed by atoms with Crippen LogP contribution in [0.1, 0.15) is 93.4 Å². The molecule has 186 valence electrons. The van der Waals surface area contributed by atoms with Crippen LogP contribution in [-0.4, -0.2) is 66.0 Å². The molecular weight excluding hydrogens is 408 g/mol. The van der Waals surface area contributed by atoms with Gasteiger partial charge < -0.3 is 19.1 Å². The number of carbonyl (C=O) groups excluding carboxylic acids is 2. The average Bonchev–Trinajstić information content (AvgIpc) is 2.66. The van der Waals surface area contributed by atoms with Gasteiger partial charge >= 0.3 is 12.1 Å². The molecule has 7 heteroatoms. The van der Waals surface area contributed by atoms with E-state index < -0.39 is 11.1 Å². The van der Waals surface area contributed by atoms with Gasteiger partial charge in [0, 0.05) is 24.7 Å². The maximum Gasteiger partial charge on any atom is 0.410 e. The minimum absolute atomic E-state index is 0.110. The highest BCUT2D eigenvalue weighted by molar-refractivity contribution is 5.79. The van der Waals surface area contributed by atoms with Crippen molar-refractivity contribution in [3.63, 3.8) is 0 Å². The van der Waals surface area contributed by atoms with Gasteiger partial charge in [0.1, 0.15) is 11.1 Å². The fourth-order valence-electron chi connectivity index (χ4n) is 5.15. The van der Waals surface area contributed by atoms with Crippen molar-refractivity contribution < 1.29 is 23.8 Å². The molecule has 0 aromatic heterocycles. The molecule has 1 saturated heterocycles. The van der Waals surface area contributed by atoms with Crippen molar-refractivity contribution in [2.24, 2.45) is 5.92 Å². The molecule has 3 atom stereocenters. The van der Waals surface area contributed by atoms with E-state index in [1.54, 1.807) is 0 Å². The lowest BCUT2D eigenvalue weighted by Gasteiger charge is -2.42. The van der Waals surface area contributed by atoms with Gasteiger partial charge in [0.25, 0.3) is 0 Å². The summed E-state index contributed by atoms with van der Waals surface area (Å²) in [7, 11) is 1.44.